The minimum atomic E-state index is -0.435. The molecule has 0 N–H and O–H groups in total. The summed E-state index contributed by atoms with van der Waals surface area (Å²) in [6.45, 7) is 4.50. The van der Waals surface area contributed by atoms with Gasteiger partial charge in [0.2, 0.25) is 0 Å². The summed E-state index contributed by atoms with van der Waals surface area (Å²) in [7, 11) is 0. The van der Waals surface area contributed by atoms with E-state index < -0.39 is 5.97 Å². The maximum atomic E-state index is 12.0. The number of carbonyl (C=O) groups is 2. The van der Waals surface area contributed by atoms with E-state index in [1.165, 1.54) is 6.07 Å². The number of ether oxygens (including phenoxy) is 2. The van der Waals surface area contributed by atoms with E-state index >= 15 is 0 Å². The highest BCUT2D eigenvalue weighted by atomic mass is 35.5. The highest BCUT2D eigenvalue weighted by molar-refractivity contribution is 6.48. The van der Waals surface area contributed by atoms with Crippen LogP contribution in [0.4, 0.5) is 0 Å². The summed E-state index contributed by atoms with van der Waals surface area (Å²) in [5, 5.41) is 0.478. The lowest BCUT2D eigenvalue weighted by molar-refractivity contribution is -0.144. The molecule has 1 aromatic rings. The van der Waals surface area contributed by atoms with Crippen molar-refractivity contribution >= 4 is 58.3 Å². The van der Waals surface area contributed by atoms with Gasteiger partial charge in [0.25, 0.3) is 0 Å². The zero-order valence-corrected chi connectivity index (χ0v) is 19.2. The smallest absolute Gasteiger partial charge is 0.311 e. The van der Waals surface area contributed by atoms with Crippen LogP contribution in [0.2, 0.25) is 20.1 Å². The topological polar surface area (TPSA) is 52.6 Å². The van der Waals surface area contributed by atoms with E-state index in [0.29, 0.717) is 25.4 Å². The molecular formula is C20H26Cl4O4. The van der Waals surface area contributed by atoms with Crippen molar-refractivity contribution in [2.75, 3.05) is 6.61 Å². The SMILES string of the molecule is CC(C)COC(=O)CCCCCCCCC(=O)Oc1c(Cl)c(Cl)cc(Cl)c1Cl. The van der Waals surface area contributed by atoms with E-state index in [4.69, 9.17) is 55.9 Å². The first kappa shape index (κ1) is 25.4. The van der Waals surface area contributed by atoms with Crippen molar-refractivity contribution in [1.29, 1.82) is 0 Å². The fourth-order valence-electron chi connectivity index (χ4n) is 2.38. The predicted octanol–water partition coefficient (Wildman–Crippen LogP) is 7.53. The van der Waals surface area contributed by atoms with Crippen LogP contribution in [0.15, 0.2) is 6.07 Å². The van der Waals surface area contributed by atoms with Gasteiger partial charge >= 0.3 is 11.9 Å². The normalized spacial score (nSPS) is 11.0. The summed E-state index contributed by atoms with van der Waals surface area (Å²) in [6.07, 6.45) is 6.08. The molecule has 0 aliphatic carbocycles. The molecule has 0 bridgehead atoms. The van der Waals surface area contributed by atoms with E-state index in [-0.39, 0.29) is 38.2 Å². The summed E-state index contributed by atoms with van der Waals surface area (Å²) in [4.78, 5) is 23.5. The number of unbranched alkanes of at least 4 members (excludes halogenated alkanes) is 5. The Morgan fingerprint density at radius 3 is 1.79 bits per heavy atom. The zero-order valence-electron chi connectivity index (χ0n) is 16.2. The molecule has 0 radical (unpaired) electrons. The Hall–Kier alpha value is -0.680. The summed E-state index contributed by atoms with van der Waals surface area (Å²) in [5.74, 6) is -0.210. The molecule has 0 heterocycles. The Labute approximate surface area is 186 Å². The first-order valence-corrected chi connectivity index (χ1v) is 10.9. The average molecular weight is 472 g/mol. The Morgan fingerprint density at radius 1 is 0.821 bits per heavy atom. The quantitative estimate of drug-likeness (QED) is 0.137. The first-order valence-electron chi connectivity index (χ1n) is 9.41. The predicted molar refractivity (Wildman–Crippen MR) is 115 cm³/mol. The van der Waals surface area contributed by atoms with Crippen LogP contribution in [-0.4, -0.2) is 18.5 Å². The van der Waals surface area contributed by atoms with Gasteiger partial charge in [0, 0.05) is 12.8 Å². The van der Waals surface area contributed by atoms with Gasteiger partial charge in [-0.15, -0.1) is 0 Å². The maximum absolute atomic E-state index is 12.0. The number of benzene rings is 1. The summed E-state index contributed by atoms with van der Waals surface area (Å²) in [5.41, 5.74) is 0. The molecule has 0 aromatic heterocycles. The second-order valence-corrected chi connectivity index (χ2v) is 8.54. The van der Waals surface area contributed by atoms with Gasteiger partial charge in [-0.05, 0) is 24.8 Å². The van der Waals surface area contributed by atoms with Crippen molar-refractivity contribution in [3.8, 4) is 5.75 Å². The Morgan fingerprint density at radius 2 is 1.29 bits per heavy atom. The highest BCUT2D eigenvalue weighted by Gasteiger charge is 2.18. The third-order valence-corrected chi connectivity index (χ3v) is 5.42. The fraction of sp³-hybridized carbons (Fsp3) is 0.600. The molecular weight excluding hydrogens is 446 g/mol. The molecule has 0 saturated carbocycles. The lowest BCUT2D eigenvalue weighted by Crippen LogP contribution is -2.09. The van der Waals surface area contributed by atoms with Crippen LogP contribution in [0.1, 0.15) is 65.2 Å². The molecule has 28 heavy (non-hydrogen) atoms. The monoisotopic (exact) mass is 470 g/mol. The Balaban J connectivity index is 2.16. The summed E-state index contributed by atoms with van der Waals surface area (Å²) >= 11 is 23.9. The van der Waals surface area contributed by atoms with Gasteiger partial charge in [-0.3, -0.25) is 9.59 Å². The van der Waals surface area contributed by atoms with E-state index in [0.717, 1.165) is 32.1 Å². The average Bonchev–Trinajstić information content (AvgIpc) is 2.64. The van der Waals surface area contributed by atoms with Gasteiger partial charge in [0.1, 0.15) is 10.0 Å². The molecule has 0 unspecified atom stereocenters. The van der Waals surface area contributed by atoms with Crippen molar-refractivity contribution in [2.45, 2.75) is 65.2 Å². The van der Waals surface area contributed by atoms with Crippen LogP contribution in [0, 0.1) is 5.92 Å². The number of carbonyl (C=O) groups excluding carboxylic acids is 2. The van der Waals surface area contributed by atoms with E-state index in [9.17, 15) is 9.59 Å². The van der Waals surface area contributed by atoms with Gasteiger partial charge in [-0.25, -0.2) is 0 Å². The molecule has 0 amide bonds. The number of esters is 2. The van der Waals surface area contributed by atoms with E-state index in [2.05, 4.69) is 0 Å². The van der Waals surface area contributed by atoms with Crippen LogP contribution in [-0.2, 0) is 14.3 Å². The van der Waals surface area contributed by atoms with Crippen molar-refractivity contribution in [2.24, 2.45) is 5.92 Å². The summed E-state index contributed by atoms with van der Waals surface area (Å²) in [6, 6.07) is 1.40. The summed E-state index contributed by atoms with van der Waals surface area (Å²) < 4.78 is 10.4. The molecule has 1 rings (SSSR count). The largest absolute Gasteiger partial charge is 0.465 e. The standard InChI is InChI=1S/C20H26Cl4O4/c1-13(2)12-27-16(25)9-7-5-3-4-6-8-10-17(26)28-20-18(23)14(21)11-15(22)19(20)24/h11,13H,3-10,12H2,1-2H3. The maximum Gasteiger partial charge on any atom is 0.311 e. The molecule has 8 heteroatoms. The second kappa shape index (κ2) is 13.5. The lowest BCUT2D eigenvalue weighted by atomic mass is 10.1. The zero-order chi connectivity index (χ0) is 21.1. The third-order valence-electron chi connectivity index (χ3n) is 3.88. The molecule has 0 aliphatic heterocycles. The number of rotatable bonds is 12. The van der Waals surface area contributed by atoms with Gasteiger partial charge in [-0.2, -0.15) is 0 Å². The van der Waals surface area contributed by atoms with Crippen LogP contribution in [0.5, 0.6) is 5.75 Å². The minimum Gasteiger partial charge on any atom is -0.465 e. The van der Waals surface area contributed by atoms with Crippen molar-refractivity contribution in [1.82, 2.24) is 0 Å². The van der Waals surface area contributed by atoms with Crippen LogP contribution in [0.25, 0.3) is 0 Å². The Kier molecular flexibility index (Phi) is 12.2. The van der Waals surface area contributed by atoms with Crippen LogP contribution >= 0.6 is 46.4 Å². The first-order chi connectivity index (χ1) is 13.2. The molecule has 0 atom stereocenters. The lowest BCUT2D eigenvalue weighted by Gasteiger charge is -2.10. The fourth-order valence-corrected chi connectivity index (χ4v) is 3.25. The number of hydrogen-bond donors (Lipinski definition) is 0. The molecule has 4 nitrogen and oxygen atoms in total. The Bertz CT molecular complexity index is 636. The molecule has 0 saturated heterocycles. The van der Waals surface area contributed by atoms with Crippen molar-refractivity contribution in [3.63, 3.8) is 0 Å². The highest BCUT2D eigenvalue weighted by Crippen LogP contribution is 2.42. The molecule has 0 aliphatic rings. The minimum absolute atomic E-state index is 0.00446. The van der Waals surface area contributed by atoms with E-state index in [1.54, 1.807) is 0 Å². The molecule has 158 valence electrons. The van der Waals surface area contributed by atoms with Crippen molar-refractivity contribution in [3.05, 3.63) is 26.2 Å². The second-order valence-electron chi connectivity index (χ2n) is 6.97. The van der Waals surface area contributed by atoms with Crippen LogP contribution < -0.4 is 4.74 Å². The van der Waals surface area contributed by atoms with Gasteiger partial charge in [0.05, 0.1) is 16.7 Å². The van der Waals surface area contributed by atoms with Gasteiger partial charge < -0.3 is 9.47 Å². The van der Waals surface area contributed by atoms with Crippen LogP contribution in [0.3, 0.4) is 0 Å². The van der Waals surface area contributed by atoms with E-state index in [1.807, 2.05) is 13.8 Å². The molecule has 1 aromatic carbocycles. The van der Waals surface area contributed by atoms with Gasteiger partial charge in [-0.1, -0.05) is 85.9 Å². The molecule has 0 spiro atoms. The van der Waals surface area contributed by atoms with Gasteiger partial charge in [0.15, 0.2) is 5.75 Å². The molecule has 0 fully saturated rings. The number of hydrogen-bond acceptors (Lipinski definition) is 4. The third kappa shape index (κ3) is 9.69. The van der Waals surface area contributed by atoms with Crippen molar-refractivity contribution < 1.29 is 19.1 Å². The number of halogens is 4.